The number of fused-ring (bicyclic) bond motifs is 3. The highest BCUT2D eigenvalue weighted by Gasteiger charge is 2.17. The highest BCUT2D eigenvalue weighted by Crippen LogP contribution is 2.35. The molecule has 0 radical (unpaired) electrons. The zero-order valence-electron chi connectivity index (χ0n) is 12.9. The van der Waals surface area contributed by atoms with E-state index in [1.165, 1.54) is 17.5 Å². The van der Waals surface area contributed by atoms with Crippen molar-refractivity contribution in [2.24, 2.45) is 0 Å². The molecule has 2 heterocycles. The first kappa shape index (κ1) is 15.8. The van der Waals surface area contributed by atoms with Gasteiger partial charge in [0, 0.05) is 17.8 Å². The zero-order chi connectivity index (χ0) is 17.4. The number of aromatic nitrogens is 2. The monoisotopic (exact) mass is 369 g/mol. The summed E-state index contributed by atoms with van der Waals surface area (Å²) < 4.78 is 0.815. The maximum absolute atomic E-state index is 12.5. The van der Waals surface area contributed by atoms with Gasteiger partial charge in [0.15, 0.2) is 0 Å². The SMILES string of the molecule is O=C(NCc1ccc(Cl)cc1)c1cnc2ccc3ncsc3c2c1O. The van der Waals surface area contributed by atoms with Crippen LogP contribution in [0.3, 0.4) is 0 Å². The second-order valence-corrected chi connectivity index (χ2v) is 6.78. The first-order valence-corrected chi connectivity index (χ1v) is 8.76. The summed E-state index contributed by atoms with van der Waals surface area (Å²) in [5.41, 5.74) is 4.16. The fourth-order valence-electron chi connectivity index (χ4n) is 2.63. The molecule has 4 aromatic rings. The molecule has 1 amide bonds. The molecule has 2 aromatic heterocycles. The average molecular weight is 370 g/mol. The third-order valence-electron chi connectivity index (χ3n) is 3.91. The topological polar surface area (TPSA) is 75.1 Å². The molecule has 0 saturated carbocycles. The number of rotatable bonds is 3. The Bertz CT molecular complexity index is 1090. The number of aromatic hydroxyl groups is 1. The van der Waals surface area contributed by atoms with Crippen LogP contribution in [0.15, 0.2) is 48.1 Å². The van der Waals surface area contributed by atoms with Gasteiger partial charge in [-0.1, -0.05) is 23.7 Å². The van der Waals surface area contributed by atoms with Crippen molar-refractivity contribution in [3.05, 3.63) is 64.3 Å². The molecule has 0 fully saturated rings. The Morgan fingerprint density at radius 3 is 2.68 bits per heavy atom. The van der Waals surface area contributed by atoms with Gasteiger partial charge in [-0.3, -0.25) is 9.78 Å². The minimum Gasteiger partial charge on any atom is -0.506 e. The Hall–Kier alpha value is -2.70. The van der Waals surface area contributed by atoms with Crippen LogP contribution >= 0.6 is 22.9 Å². The smallest absolute Gasteiger partial charge is 0.256 e. The number of halogens is 1. The molecule has 5 nitrogen and oxygen atoms in total. The molecule has 0 saturated heterocycles. The van der Waals surface area contributed by atoms with Crippen molar-refractivity contribution in [3.63, 3.8) is 0 Å². The number of amides is 1. The first-order valence-electron chi connectivity index (χ1n) is 7.50. The minimum atomic E-state index is -0.386. The van der Waals surface area contributed by atoms with Gasteiger partial charge in [-0.15, -0.1) is 11.3 Å². The van der Waals surface area contributed by atoms with Crippen LogP contribution in [-0.4, -0.2) is 21.0 Å². The van der Waals surface area contributed by atoms with E-state index in [2.05, 4.69) is 15.3 Å². The Morgan fingerprint density at radius 1 is 1.12 bits per heavy atom. The molecular formula is C18H12ClN3O2S. The molecule has 0 aliphatic carbocycles. The van der Waals surface area contributed by atoms with Crippen molar-refractivity contribution in [2.45, 2.75) is 6.54 Å². The Morgan fingerprint density at radius 2 is 1.88 bits per heavy atom. The van der Waals surface area contributed by atoms with E-state index in [-0.39, 0.29) is 17.2 Å². The van der Waals surface area contributed by atoms with Gasteiger partial charge in [0.2, 0.25) is 0 Å². The Kier molecular flexibility index (Phi) is 3.99. The van der Waals surface area contributed by atoms with Crippen LogP contribution < -0.4 is 5.32 Å². The minimum absolute atomic E-state index is 0.0755. The van der Waals surface area contributed by atoms with Crippen molar-refractivity contribution in [2.75, 3.05) is 0 Å². The lowest BCUT2D eigenvalue weighted by Gasteiger charge is -2.09. The Labute approximate surface area is 151 Å². The lowest BCUT2D eigenvalue weighted by Crippen LogP contribution is -2.23. The van der Waals surface area contributed by atoms with Crippen LogP contribution in [0, 0.1) is 0 Å². The van der Waals surface area contributed by atoms with Gasteiger partial charge in [0.25, 0.3) is 5.91 Å². The molecule has 0 aliphatic heterocycles. The quantitative estimate of drug-likeness (QED) is 0.569. The van der Waals surface area contributed by atoms with E-state index in [0.717, 1.165) is 15.8 Å². The molecule has 124 valence electrons. The van der Waals surface area contributed by atoms with Crippen LogP contribution in [0.25, 0.3) is 21.1 Å². The van der Waals surface area contributed by atoms with Crippen molar-refractivity contribution in [3.8, 4) is 5.75 Å². The van der Waals surface area contributed by atoms with E-state index in [0.29, 0.717) is 22.5 Å². The van der Waals surface area contributed by atoms with Gasteiger partial charge in [0.05, 0.1) is 26.6 Å². The summed E-state index contributed by atoms with van der Waals surface area (Å²) in [6, 6.07) is 10.8. The number of carbonyl (C=O) groups is 1. The van der Waals surface area contributed by atoms with E-state index in [1.54, 1.807) is 23.7 Å². The predicted octanol–water partition coefficient (Wildman–Crippen LogP) is 4.13. The average Bonchev–Trinajstić information content (AvgIpc) is 3.10. The van der Waals surface area contributed by atoms with Crippen molar-refractivity contribution < 1.29 is 9.90 Å². The number of carbonyl (C=O) groups excluding carboxylic acids is 1. The number of nitrogens with zero attached hydrogens (tertiary/aromatic N) is 2. The molecule has 2 aromatic carbocycles. The third-order valence-corrected chi connectivity index (χ3v) is 5.02. The normalized spacial score (nSPS) is 11.1. The van der Waals surface area contributed by atoms with Gasteiger partial charge in [0.1, 0.15) is 11.3 Å². The number of thiazole rings is 1. The van der Waals surface area contributed by atoms with Crippen molar-refractivity contribution >= 4 is 50.0 Å². The number of nitrogens with one attached hydrogen (secondary N) is 1. The summed E-state index contributed by atoms with van der Waals surface area (Å²) in [7, 11) is 0. The van der Waals surface area contributed by atoms with Crippen LogP contribution in [0.2, 0.25) is 5.02 Å². The largest absolute Gasteiger partial charge is 0.506 e. The summed E-state index contributed by atoms with van der Waals surface area (Å²) in [6.07, 6.45) is 1.39. The molecular weight excluding hydrogens is 358 g/mol. The number of pyridine rings is 1. The molecule has 0 atom stereocenters. The fourth-order valence-corrected chi connectivity index (χ4v) is 3.59. The van der Waals surface area contributed by atoms with E-state index >= 15 is 0 Å². The summed E-state index contributed by atoms with van der Waals surface area (Å²) in [6.45, 7) is 0.332. The Balaban J connectivity index is 1.67. The summed E-state index contributed by atoms with van der Waals surface area (Å²) in [5, 5.41) is 14.6. The second-order valence-electron chi connectivity index (χ2n) is 5.49. The summed E-state index contributed by atoms with van der Waals surface area (Å²) in [5.74, 6) is -0.461. The molecule has 25 heavy (non-hydrogen) atoms. The number of hydrogen-bond donors (Lipinski definition) is 2. The highest BCUT2D eigenvalue weighted by molar-refractivity contribution is 7.17. The van der Waals surface area contributed by atoms with Gasteiger partial charge in [-0.05, 0) is 29.8 Å². The standard InChI is InChI=1S/C18H12ClN3O2S/c19-11-3-1-10(2-4-11)7-21-18(24)12-8-20-13-5-6-14-17(25-9-22-14)15(13)16(12)23/h1-6,8-9H,7H2,(H,20,23)(H,21,24). The molecule has 2 N–H and O–H groups in total. The van der Waals surface area contributed by atoms with Crippen molar-refractivity contribution in [1.29, 1.82) is 0 Å². The van der Waals surface area contributed by atoms with E-state index in [1.807, 2.05) is 18.2 Å². The van der Waals surface area contributed by atoms with Crippen molar-refractivity contribution in [1.82, 2.24) is 15.3 Å². The van der Waals surface area contributed by atoms with Crippen LogP contribution in [-0.2, 0) is 6.54 Å². The van der Waals surface area contributed by atoms with E-state index < -0.39 is 0 Å². The molecule has 0 aliphatic rings. The van der Waals surface area contributed by atoms with Crippen LogP contribution in [0.4, 0.5) is 0 Å². The van der Waals surface area contributed by atoms with Crippen LogP contribution in [0.1, 0.15) is 15.9 Å². The maximum Gasteiger partial charge on any atom is 0.256 e. The van der Waals surface area contributed by atoms with E-state index in [9.17, 15) is 9.90 Å². The van der Waals surface area contributed by atoms with E-state index in [4.69, 9.17) is 11.6 Å². The van der Waals surface area contributed by atoms with Gasteiger partial charge >= 0.3 is 0 Å². The second kappa shape index (κ2) is 6.31. The summed E-state index contributed by atoms with van der Waals surface area (Å²) >= 11 is 7.26. The predicted molar refractivity (Wildman–Crippen MR) is 99.2 cm³/mol. The third kappa shape index (κ3) is 2.90. The molecule has 0 bridgehead atoms. The fraction of sp³-hybridized carbons (Fsp3) is 0.0556. The first-order chi connectivity index (χ1) is 12.1. The lowest BCUT2D eigenvalue weighted by molar-refractivity contribution is 0.0948. The molecule has 4 rings (SSSR count). The molecule has 7 heteroatoms. The molecule has 0 unspecified atom stereocenters. The van der Waals surface area contributed by atoms with Gasteiger partial charge < -0.3 is 10.4 Å². The maximum atomic E-state index is 12.5. The lowest BCUT2D eigenvalue weighted by atomic mass is 10.1. The zero-order valence-corrected chi connectivity index (χ0v) is 14.4. The summed E-state index contributed by atoms with van der Waals surface area (Å²) in [4.78, 5) is 21.0. The van der Waals surface area contributed by atoms with Gasteiger partial charge in [-0.2, -0.15) is 0 Å². The number of benzene rings is 2. The van der Waals surface area contributed by atoms with Crippen LogP contribution in [0.5, 0.6) is 5.75 Å². The number of hydrogen-bond acceptors (Lipinski definition) is 5. The molecule has 0 spiro atoms. The highest BCUT2D eigenvalue weighted by atomic mass is 35.5. The van der Waals surface area contributed by atoms with Gasteiger partial charge in [-0.25, -0.2) is 4.98 Å².